The fraction of sp³-hybridized carbons (Fsp3) is 0.118. The lowest BCUT2D eigenvalue weighted by atomic mass is 10.2. The van der Waals surface area contributed by atoms with Crippen LogP contribution in [-0.2, 0) is 14.8 Å². The van der Waals surface area contributed by atoms with Gasteiger partial charge in [0, 0.05) is 5.56 Å². The summed E-state index contributed by atoms with van der Waals surface area (Å²) in [4.78, 5) is 21.0. The summed E-state index contributed by atoms with van der Waals surface area (Å²) in [5.41, 5.74) is 1.00. The maximum Gasteiger partial charge on any atom is 0.263 e. The van der Waals surface area contributed by atoms with Crippen LogP contribution in [0.3, 0.4) is 0 Å². The molecular weight excluding hydrogens is 391 g/mol. The SMILES string of the molecule is CC(N=C1NS(=O)(=O)c2ccccc21)C(=O)Nc1nc2ccc(F)cc2s1. The van der Waals surface area contributed by atoms with Crippen molar-refractivity contribution in [1.82, 2.24) is 9.71 Å². The Morgan fingerprint density at radius 2 is 2.07 bits per heavy atom. The van der Waals surface area contributed by atoms with Crippen LogP contribution < -0.4 is 10.0 Å². The molecule has 0 saturated carbocycles. The molecule has 0 fully saturated rings. The number of rotatable bonds is 3. The quantitative estimate of drug-likeness (QED) is 0.700. The fourth-order valence-corrected chi connectivity index (χ4v) is 4.78. The number of anilines is 1. The average Bonchev–Trinajstić information content (AvgIpc) is 3.12. The van der Waals surface area contributed by atoms with E-state index < -0.39 is 22.0 Å². The molecule has 1 atom stereocenters. The van der Waals surface area contributed by atoms with Crippen LogP contribution >= 0.6 is 11.3 Å². The number of halogens is 1. The van der Waals surface area contributed by atoms with Crippen LogP contribution in [0.15, 0.2) is 52.4 Å². The third-order valence-corrected chi connectivity index (χ3v) is 6.28. The van der Waals surface area contributed by atoms with Gasteiger partial charge >= 0.3 is 0 Å². The van der Waals surface area contributed by atoms with Crippen molar-refractivity contribution < 1.29 is 17.6 Å². The van der Waals surface area contributed by atoms with Gasteiger partial charge in [0.1, 0.15) is 17.7 Å². The van der Waals surface area contributed by atoms with E-state index in [1.807, 2.05) is 0 Å². The number of fused-ring (bicyclic) bond motifs is 2. The Bertz CT molecular complexity index is 1200. The molecule has 0 bridgehead atoms. The predicted octanol–water partition coefficient (Wildman–Crippen LogP) is 2.50. The van der Waals surface area contributed by atoms with Crippen LogP contribution in [0.5, 0.6) is 0 Å². The first-order chi connectivity index (χ1) is 12.8. The van der Waals surface area contributed by atoms with Gasteiger partial charge < -0.3 is 5.32 Å². The van der Waals surface area contributed by atoms with Gasteiger partial charge in [-0.15, -0.1) is 0 Å². The Morgan fingerprint density at radius 3 is 2.89 bits per heavy atom. The van der Waals surface area contributed by atoms with Gasteiger partial charge in [0.15, 0.2) is 5.13 Å². The van der Waals surface area contributed by atoms with Gasteiger partial charge in [-0.3, -0.25) is 14.5 Å². The molecule has 2 heterocycles. The molecular formula is C17H13FN4O3S2. The van der Waals surface area contributed by atoms with Crippen molar-refractivity contribution in [2.75, 3.05) is 5.32 Å². The summed E-state index contributed by atoms with van der Waals surface area (Å²) >= 11 is 1.15. The predicted molar refractivity (Wildman–Crippen MR) is 101 cm³/mol. The molecule has 0 aliphatic carbocycles. The number of carbonyl (C=O) groups excluding carboxylic acids is 1. The minimum Gasteiger partial charge on any atom is -0.300 e. The lowest BCUT2D eigenvalue weighted by Crippen LogP contribution is -2.28. The minimum absolute atomic E-state index is 0.125. The molecule has 2 N–H and O–H groups in total. The van der Waals surface area contributed by atoms with E-state index in [1.54, 1.807) is 25.1 Å². The second-order valence-corrected chi connectivity index (χ2v) is 8.56. The Hall–Kier alpha value is -2.85. The summed E-state index contributed by atoms with van der Waals surface area (Å²) in [5.74, 6) is -0.707. The Morgan fingerprint density at radius 1 is 1.30 bits per heavy atom. The summed E-state index contributed by atoms with van der Waals surface area (Å²) in [6.07, 6.45) is 0. The molecule has 1 aliphatic heterocycles. The number of nitrogens with one attached hydrogen (secondary N) is 2. The van der Waals surface area contributed by atoms with Crippen LogP contribution in [-0.4, -0.2) is 31.2 Å². The van der Waals surface area contributed by atoms with E-state index in [4.69, 9.17) is 0 Å². The van der Waals surface area contributed by atoms with E-state index in [-0.39, 0.29) is 16.5 Å². The molecule has 1 amide bonds. The van der Waals surface area contributed by atoms with Gasteiger partial charge in [0.25, 0.3) is 15.9 Å². The molecule has 2 aromatic carbocycles. The highest BCUT2D eigenvalue weighted by atomic mass is 32.2. The van der Waals surface area contributed by atoms with Gasteiger partial charge in [-0.25, -0.2) is 17.8 Å². The maximum absolute atomic E-state index is 13.3. The van der Waals surface area contributed by atoms with Crippen molar-refractivity contribution in [1.29, 1.82) is 0 Å². The van der Waals surface area contributed by atoms with Crippen LogP contribution in [0.2, 0.25) is 0 Å². The smallest absolute Gasteiger partial charge is 0.263 e. The third-order valence-electron chi connectivity index (χ3n) is 3.95. The van der Waals surface area contributed by atoms with Gasteiger partial charge in [-0.05, 0) is 37.3 Å². The highest BCUT2D eigenvalue weighted by Crippen LogP contribution is 2.27. The maximum atomic E-state index is 13.3. The molecule has 0 radical (unpaired) electrons. The Kier molecular flexibility index (Phi) is 4.16. The second kappa shape index (κ2) is 6.39. The van der Waals surface area contributed by atoms with Crippen molar-refractivity contribution in [3.05, 3.63) is 53.8 Å². The van der Waals surface area contributed by atoms with E-state index >= 15 is 0 Å². The number of sulfonamides is 1. The number of aliphatic imine (C=N–C) groups is 1. The van der Waals surface area contributed by atoms with E-state index in [0.717, 1.165) is 11.3 Å². The molecule has 27 heavy (non-hydrogen) atoms. The number of hydrogen-bond acceptors (Lipinski definition) is 6. The first kappa shape index (κ1) is 17.6. The largest absolute Gasteiger partial charge is 0.300 e. The number of aromatic nitrogens is 1. The van der Waals surface area contributed by atoms with Crippen molar-refractivity contribution >= 4 is 48.5 Å². The van der Waals surface area contributed by atoms with E-state index in [0.29, 0.717) is 20.9 Å². The van der Waals surface area contributed by atoms with Gasteiger partial charge in [0.2, 0.25) is 0 Å². The molecule has 7 nitrogen and oxygen atoms in total. The molecule has 3 aromatic rings. The summed E-state index contributed by atoms with van der Waals surface area (Å²) in [5, 5.41) is 2.95. The second-order valence-electron chi connectivity index (χ2n) is 5.88. The monoisotopic (exact) mass is 404 g/mol. The summed E-state index contributed by atoms with van der Waals surface area (Å²) in [6, 6.07) is 9.73. The van der Waals surface area contributed by atoms with Gasteiger partial charge in [-0.2, -0.15) is 0 Å². The van der Waals surface area contributed by atoms with Crippen LogP contribution in [0.25, 0.3) is 10.2 Å². The highest BCUT2D eigenvalue weighted by molar-refractivity contribution is 7.90. The number of amidine groups is 1. The molecule has 4 rings (SSSR count). The summed E-state index contributed by atoms with van der Waals surface area (Å²) in [6.45, 7) is 1.55. The zero-order valence-electron chi connectivity index (χ0n) is 13.9. The summed E-state index contributed by atoms with van der Waals surface area (Å²) < 4.78 is 40.4. The standard InChI is InChI=1S/C17H13FN4O3S2/c1-9(19-15-11-4-2-3-5-14(11)27(24,25)22-15)16(23)21-17-20-12-7-6-10(18)8-13(12)26-17/h2-9H,1H3,(H,19,22)(H,20,21,23). The van der Waals surface area contributed by atoms with Crippen molar-refractivity contribution in [2.45, 2.75) is 17.9 Å². The molecule has 10 heteroatoms. The van der Waals surface area contributed by atoms with Crippen LogP contribution in [0.1, 0.15) is 12.5 Å². The zero-order valence-corrected chi connectivity index (χ0v) is 15.6. The van der Waals surface area contributed by atoms with E-state index in [1.165, 1.54) is 24.3 Å². The van der Waals surface area contributed by atoms with Crippen LogP contribution in [0, 0.1) is 5.82 Å². The lowest BCUT2D eigenvalue weighted by Gasteiger charge is -2.07. The molecule has 0 spiro atoms. The Balaban J connectivity index is 1.57. The van der Waals surface area contributed by atoms with Crippen molar-refractivity contribution in [2.24, 2.45) is 4.99 Å². The molecule has 1 aromatic heterocycles. The van der Waals surface area contributed by atoms with Gasteiger partial charge in [0.05, 0.1) is 15.1 Å². The van der Waals surface area contributed by atoms with E-state index in [9.17, 15) is 17.6 Å². The molecule has 1 unspecified atom stereocenters. The zero-order chi connectivity index (χ0) is 19.2. The minimum atomic E-state index is -3.66. The number of nitrogens with zero attached hydrogens (tertiary/aromatic N) is 2. The first-order valence-electron chi connectivity index (χ1n) is 7.90. The molecule has 0 saturated heterocycles. The third kappa shape index (κ3) is 3.28. The number of benzene rings is 2. The van der Waals surface area contributed by atoms with E-state index in [2.05, 4.69) is 20.0 Å². The normalized spacial score (nSPS) is 17.5. The number of thiazole rings is 1. The van der Waals surface area contributed by atoms with Gasteiger partial charge in [-0.1, -0.05) is 23.5 Å². The first-order valence-corrected chi connectivity index (χ1v) is 10.2. The number of hydrogen-bond donors (Lipinski definition) is 2. The average molecular weight is 404 g/mol. The number of carbonyl (C=O) groups is 1. The van der Waals surface area contributed by atoms with Crippen molar-refractivity contribution in [3.8, 4) is 0 Å². The Labute approximate surface area is 158 Å². The van der Waals surface area contributed by atoms with Crippen molar-refractivity contribution in [3.63, 3.8) is 0 Å². The lowest BCUT2D eigenvalue weighted by molar-refractivity contribution is -0.117. The fourth-order valence-electron chi connectivity index (χ4n) is 2.64. The number of amides is 1. The summed E-state index contributed by atoms with van der Waals surface area (Å²) in [7, 11) is -3.66. The van der Waals surface area contributed by atoms with Crippen LogP contribution in [0.4, 0.5) is 9.52 Å². The molecule has 1 aliphatic rings. The molecule has 138 valence electrons. The highest BCUT2D eigenvalue weighted by Gasteiger charge is 2.31. The topological polar surface area (TPSA) is 101 Å².